The first kappa shape index (κ1) is 14.3. The average Bonchev–Trinajstić information content (AvgIpc) is 2.74. The van der Waals surface area contributed by atoms with E-state index in [1.165, 1.54) is 0 Å². The Morgan fingerprint density at radius 2 is 2.20 bits per heavy atom. The van der Waals surface area contributed by atoms with E-state index < -0.39 is 0 Å². The molecule has 2 rings (SSSR count). The summed E-state index contributed by atoms with van der Waals surface area (Å²) in [5, 5.41) is 7.08. The molecule has 1 N–H and O–H groups in total. The van der Waals surface area contributed by atoms with Crippen molar-refractivity contribution in [2.24, 2.45) is 0 Å². The van der Waals surface area contributed by atoms with Crippen molar-refractivity contribution >= 4 is 5.82 Å². The second kappa shape index (κ2) is 5.90. The summed E-state index contributed by atoms with van der Waals surface area (Å²) < 4.78 is 6.82. The van der Waals surface area contributed by atoms with E-state index in [9.17, 15) is 4.79 Å². The highest BCUT2D eigenvalue weighted by Crippen LogP contribution is 2.23. The molecule has 0 radical (unpaired) electrons. The van der Waals surface area contributed by atoms with Gasteiger partial charge in [-0.25, -0.2) is 4.98 Å². The molecule has 0 amide bonds. The smallest absolute Gasteiger partial charge is 0.293 e. The van der Waals surface area contributed by atoms with Crippen molar-refractivity contribution in [1.82, 2.24) is 14.7 Å². The number of hydrogen-bond donors (Lipinski definition) is 1. The van der Waals surface area contributed by atoms with E-state index in [1.54, 1.807) is 17.0 Å². The SMILES string of the molecule is CCCn1ccnc(NC(C)c2c(C)noc2C)c1=O. The number of nitrogens with one attached hydrogen (secondary N) is 1. The summed E-state index contributed by atoms with van der Waals surface area (Å²) in [6.45, 7) is 8.44. The first-order valence-corrected chi connectivity index (χ1v) is 6.79. The van der Waals surface area contributed by atoms with Crippen molar-refractivity contribution in [3.63, 3.8) is 0 Å². The molecule has 20 heavy (non-hydrogen) atoms. The Morgan fingerprint density at radius 1 is 1.45 bits per heavy atom. The summed E-state index contributed by atoms with van der Waals surface area (Å²) in [7, 11) is 0. The average molecular weight is 276 g/mol. The number of anilines is 1. The summed E-state index contributed by atoms with van der Waals surface area (Å²) in [5.74, 6) is 1.11. The highest BCUT2D eigenvalue weighted by atomic mass is 16.5. The standard InChI is InChI=1S/C14H20N4O2/c1-5-7-18-8-6-15-13(14(18)19)16-9(2)12-10(3)17-20-11(12)4/h6,8-9H,5,7H2,1-4H3,(H,15,16). The van der Waals surface area contributed by atoms with Gasteiger partial charge in [-0.2, -0.15) is 0 Å². The normalized spacial score (nSPS) is 12.4. The highest BCUT2D eigenvalue weighted by molar-refractivity contribution is 5.37. The van der Waals surface area contributed by atoms with E-state index >= 15 is 0 Å². The van der Waals surface area contributed by atoms with Gasteiger partial charge in [-0.1, -0.05) is 12.1 Å². The van der Waals surface area contributed by atoms with Crippen LogP contribution in [0.15, 0.2) is 21.7 Å². The van der Waals surface area contributed by atoms with E-state index in [0.717, 1.165) is 23.4 Å². The van der Waals surface area contributed by atoms with Gasteiger partial charge in [0.25, 0.3) is 5.56 Å². The predicted octanol–water partition coefficient (Wildman–Crippen LogP) is 2.43. The minimum Gasteiger partial charge on any atom is -0.361 e. The lowest BCUT2D eigenvalue weighted by molar-refractivity contribution is 0.392. The van der Waals surface area contributed by atoms with E-state index in [1.807, 2.05) is 27.7 Å². The number of rotatable bonds is 5. The molecule has 2 heterocycles. The van der Waals surface area contributed by atoms with Gasteiger partial charge in [-0.3, -0.25) is 4.79 Å². The zero-order valence-electron chi connectivity index (χ0n) is 12.3. The Kier molecular flexibility index (Phi) is 4.22. The quantitative estimate of drug-likeness (QED) is 0.908. The lowest BCUT2D eigenvalue weighted by Gasteiger charge is -2.14. The topological polar surface area (TPSA) is 73.0 Å². The largest absolute Gasteiger partial charge is 0.361 e. The third-order valence-corrected chi connectivity index (χ3v) is 3.25. The summed E-state index contributed by atoms with van der Waals surface area (Å²) >= 11 is 0. The van der Waals surface area contributed by atoms with E-state index in [2.05, 4.69) is 15.5 Å². The minimum absolute atomic E-state index is 0.0843. The maximum atomic E-state index is 12.2. The van der Waals surface area contributed by atoms with Crippen molar-refractivity contribution in [2.45, 2.75) is 46.7 Å². The van der Waals surface area contributed by atoms with Crippen LogP contribution in [0.25, 0.3) is 0 Å². The maximum absolute atomic E-state index is 12.2. The van der Waals surface area contributed by atoms with Crippen LogP contribution in [-0.2, 0) is 6.54 Å². The van der Waals surface area contributed by atoms with Gasteiger partial charge in [0.05, 0.1) is 11.7 Å². The van der Waals surface area contributed by atoms with Gasteiger partial charge in [-0.15, -0.1) is 0 Å². The zero-order valence-corrected chi connectivity index (χ0v) is 12.3. The molecule has 0 saturated carbocycles. The maximum Gasteiger partial charge on any atom is 0.293 e. The summed E-state index contributed by atoms with van der Waals surface area (Å²) in [6, 6.07) is -0.0843. The molecule has 2 aromatic rings. The Balaban J connectivity index is 2.26. The number of aromatic nitrogens is 3. The number of hydrogen-bond acceptors (Lipinski definition) is 5. The molecule has 6 nitrogen and oxygen atoms in total. The molecular weight excluding hydrogens is 256 g/mol. The van der Waals surface area contributed by atoms with Crippen LogP contribution < -0.4 is 10.9 Å². The van der Waals surface area contributed by atoms with Gasteiger partial charge in [0.2, 0.25) is 0 Å². The van der Waals surface area contributed by atoms with Crippen LogP contribution in [0.2, 0.25) is 0 Å². The molecule has 0 saturated heterocycles. The zero-order chi connectivity index (χ0) is 14.7. The molecule has 0 aliphatic rings. The van der Waals surface area contributed by atoms with E-state index in [4.69, 9.17) is 4.52 Å². The molecule has 0 aliphatic heterocycles. The molecule has 0 bridgehead atoms. The van der Waals surface area contributed by atoms with Crippen molar-refractivity contribution in [1.29, 1.82) is 0 Å². The molecule has 0 aliphatic carbocycles. The van der Waals surface area contributed by atoms with Crippen LogP contribution in [0.5, 0.6) is 0 Å². The molecule has 0 aromatic carbocycles. The summed E-state index contributed by atoms with van der Waals surface area (Å²) in [6.07, 6.45) is 4.25. The third kappa shape index (κ3) is 2.74. The molecule has 2 aromatic heterocycles. The van der Waals surface area contributed by atoms with Gasteiger partial charge in [0.1, 0.15) is 5.76 Å². The molecule has 6 heteroatoms. The first-order valence-electron chi connectivity index (χ1n) is 6.79. The highest BCUT2D eigenvalue weighted by Gasteiger charge is 2.18. The van der Waals surface area contributed by atoms with Crippen molar-refractivity contribution < 1.29 is 4.52 Å². The number of aryl methyl sites for hydroxylation is 3. The monoisotopic (exact) mass is 276 g/mol. The minimum atomic E-state index is -0.104. The molecule has 1 atom stereocenters. The van der Waals surface area contributed by atoms with Gasteiger partial charge in [0.15, 0.2) is 5.82 Å². The van der Waals surface area contributed by atoms with Crippen LogP contribution in [0, 0.1) is 13.8 Å². The second-order valence-corrected chi connectivity index (χ2v) is 4.88. The van der Waals surface area contributed by atoms with Crippen molar-refractivity contribution in [3.8, 4) is 0 Å². The molecule has 0 spiro atoms. The van der Waals surface area contributed by atoms with Gasteiger partial charge in [-0.05, 0) is 27.2 Å². The fourth-order valence-electron chi connectivity index (χ4n) is 2.35. The molecule has 1 unspecified atom stereocenters. The lowest BCUT2D eigenvalue weighted by Crippen LogP contribution is -2.25. The summed E-state index contributed by atoms with van der Waals surface area (Å²) in [5.41, 5.74) is 1.69. The predicted molar refractivity (Wildman–Crippen MR) is 76.8 cm³/mol. The third-order valence-electron chi connectivity index (χ3n) is 3.25. The Labute approximate surface area is 117 Å². The van der Waals surface area contributed by atoms with Gasteiger partial charge in [0, 0.05) is 24.5 Å². The Morgan fingerprint density at radius 3 is 2.80 bits per heavy atom. The van der Waals surface area contributed by atoms with Crippen LogP contribution in [0.3, 0.4) is 0 Å². The molecule has 0 fully saturated rings. The van der Waals surface area contributed by atoms with Crippen LogP contribution in [0.4, 0.5) is 5.82 Å². The second-order valence-electron chi connectivity index (χ2n) is 4.88. The van der Waals surface area contributed by atoms with E-state index in [0.29, 0.717) is 12.4 Å². The van der Waals surface area contributed by atoms with Crippen molar-refractivity contribution in [3.05, 3.63) is 39.8 Å². The number of nitrogens with zero attached hydrogens (tertiary/aromatic N) is 3. The van der Waals surface area contributed by atoms with Gasteiger partial charge >= 0.3 is 0 Å². The molecule has 108 valence electrons. The lowest BCUT2D eigenvalue weighted by atomic mass is 10.1. The van der Waals surface area contributed by atoms with Crippen LogP contribution >= 0.6 is 0 Å². The Hall–Kier alpha value is -2.11. The van der Waals surface area contributed by atoms with Crippen LogP contribution in [-0.4, -0.2) is 14.7 Å². The Bertz CT molecular complexity index is 625. The van der Waals surface area contributed by atoms with Gasteiger partial charge < -0.3 is 14.4 Å². The van der Waals surface area contributed by atoms with E-state index in [-0.39, 0.29) is 11.6 Å². The fourth-order valence-corrected chi connectivity index (χ4v) is 2.35. The fraction of sp³-hybridized carbons (Fsp3) is 0.500. The van der Waals surface area contributed by atoms with Crippen molar-refractivity contribution in [2.75, 3.05) is 5.32 Å². The summed E-state index contributed by atoms with van der Waals surface area (Å²) in [4.78, 5) is 16.4. The first-order chi connectivity index (χ1) is 9.54. The van der Waals surface area contributed by atoms with Crippen LogP contribution in [0.1, 0.15) is 43.3 Å². The molecular formula is C14H20N4O2.